The van der Waals surface area contributed by atoms with Gasteiger partial charge < -0.3 is 14.5 Å². The number of carbonyl (C=O) groups is 2. The largest absolute Gasteiger partial charge is 0.464 e. The first-order valence-corrected chi connectivity index (χ1v) is 6.49. The van der Waals surface area contributed by atoms with Crippen LogP contribution in [0.3, 0.4) is 0 Å². The Balaban J connectivity index is 2.48. The summed E-state index contributed by atoms with van der Waals surface area (Å²) in [6.45, 7) is 0. The third-order valence-corrected chi connectivity index (χ3v) is 3.41. The molecule has 1 N–H and O–H groups in total. The molecule has 23 heavy (non-hydrogen) atoms. The van der Waals surface area contributed by atoms with E-state index in [0.717, 1.165) is 0 Å². The Hall–Kier alpha value is -3.47. The summed E-state index contributed by atoms with van der Waals surface area (Å²) in [5, 5.41) is 17.5. The standard InChI is InChI=1S/C15H10N4O4/c1-22-14(20)12-10-8-5-7(6-16)3-4-9(8)17-11(10)13(19-18-12)15(21)23-2/h3-5,17H,1-2H3. The zero-order chi connectivity index (χ0) is 16.6. The fourth-order valence-electron chi connectivity index (χ4n) is 2.36. The van der Waals surface area contributed by atoms with E-state index in [0.29, 0.717) is 27.4 Å². The second kappa shape index (κ2) is 5.38. The van der Waals surface area contributed by atoms with Gasteiger partial charge in [-0.2, -0.15) is 5.26 Å². The minimum absolute atomic E-state index is 0.0449. The first-order valence-electron chi connectivity index (χ1n) is 6.49. The Morgan fingerprint density at radius 3 is 2.43 bits per heavy atom. The molecule has 8 heteroatoms. The highest BCUT2D eigenvalue weighted by Gasteiger charge is 2.24. The molecule has 0 saturated heterocycles. The second-order valence-electron chi connectivity index (χ2n) is 4.63. The summed E-state index contributed by atoms with van der Waals surface area (Å²) in [5.41, 5.74) is 1.24. The van der Waals surface area contributed by atoms with Crippen molar-refractivity contribution in [1.29, 1.82) is 5.26 Å². The SMILES string of the molecule is COC(=O)c1nnc(C(=O)OC)c2c1[nH]c1ccc(C#N)cc12. The van der Waals surface area contributed by atoms with Crippen molar-refractivity contribution in [3.05, 3.63) is 35.2 Å². The number of fused-ring (bicyclic) bond motifs is 3. The molecule has 114 valence electrons. The van der Waals surface area contributed by atoms with Gasteiger partial charge in [0.05, 0.1) is 31.4 Å². The van der Waals surface area contributed by atoms with E-state index in [1.807, 2.05) is 6.07 Å². The summed E-state index contributed by atoms with van der Waals surface area (Å²) < 4.78 is 9.39. The average Bonchev–Trinajstić information content (AvgIpc) is 2.98. The van der Waals surface area contributed by atoms with E-state index in [1.54, 1.807) is 18.2 Å². The molecule has 0 aliphatic carbocycles. The highest BCUT2D eigenvalue weighted by molar-refractivity contribution is 6.19. The predicted octanol–water partition coefficient (Wildman–Crippen LogP) is 1.56. The summed E-state index contributed by atoms with van der Waals surface area (Å²) in [6, 6.07) is 6.92. The van der Waals surface area contributed by atoms with Crippen LogP contribution in [0.5, 0.6) is 0 Å². The molecule has 0 amide bonds. The molecule has 0 unspecified atom stereocenters. The number of esters is 2. The van der Waals surface area contributed by atoms with Crippen molar-refractivity contribution < 1.29 is 19.1 Å². The lowest BCUT2D eigenvalue weighted by molar-refractivity contribution is 0.0577. The molecular formula is C15H10N4O4. The van der Waals surface area contributed by atoms with Crippen molar-refractivity contribution in [2.24, 2.45) is 0 Å². The molecule has 8 nitrogen and oxygen atoms in total. The number of nitriles is 1. The number of H-pyrrole nitrogens is 1. The molecule has 2 aromatic heterocycles. The van der Waals surface area contributed by atoms with Gasteiger partial charge in [0.25, 0.3) is 0 Å². The average molecular weight is 310 g/mol. The van der Waals surface area contributed by atoms with Gasteiger partial charge in [-0.1, -0.05) is 0 Å². The molecule has 0 atom stereocenters. The molecule has 1 aromatic carbocycles. The molecular weight excluding hydrogens is 300 g/mol. The zero-order valence-corrected chi connectivity index (χ0v) is 12.2. The van der Waals surface area contributed by atoms with Crippen LogP contribution in [0, 0.1) is 11.3 Å². The Morgan fingerprint density at radius 2 is 1.78 bits per heavy atom. The van der Waals surface area contributed by atoms with Crippen LogP contribution in [-0.2, 0) is 9.47 Å². The van der Waals surface area contributed by atoms with Crippen LogP contribution in [0.1, 0.15) is 26.5 Å². The first kappa shape index (κ1) is 14.5. The molecule has 3 aromatic rings. The number of carbonyl (C=O) groups excluding carboxylic acids is 2. The van der Waals surface area contributed by atoms with Gasteiger partial charge in [-0.05, 0) is 18.2 Å². The monoisotopic (exact) mass is 310 g/mol. The number of ether oxygens (including phenoxy) is 2. The molecule has 0 fully saturated rings. The van der Waals surface area contributed by atoms with Gasteiger partial charge in [0.2, 0.25) is 0 Å². The normalized spacial score (nSPS) is 10.5. The maximum Gasteiger partial charge on any atom is 0.360 e. The highest BCUT2D eigenvalue weighted by atomic mass is 16.5. The summed E-state index contributed by atoms with van der Waals surface area (Å²) >= 11 is 0. The summed E-state index contributed by atoms with van der Waals surface area (Å²) in [7, 11) is 2.44. The fourth-order valence-corrected chi connectivity index (χ4v) is 2.36. The predicted molar refractivity (Wildman–Crippen MR) is 78.8 cm³/mol. The van der Waals surface area contributed by atoms with Gasteiger partial charge in [0, 0.05) is 16.3 Å². The lowest BCUT2D eigenvalue weighted by atomic mass is 10.1. The van der Waals surface area contributed by atoms with Crippen LogP contribution in [-0.4, -0.2) is 41.3 Å². The van der Waals surface area contributed by atoms with Crippen molar-refractivity contribution in [1.82, 2.24) is 15.2 Å². The third-order valence-electron chi connectivity index (χ3n) is 3.41. The van der Waals surface area contributed by atoms with Crippen LogP contribution < -0.4 is 0 Å². The van der Waals surface area contributed by atoms with Crippen LogP contribution in [0.25, 0.3) is 21.8 Å². The van der Waals surface area contributed by atoms with Crippen LogP contribution in [0.4, 0.5) is 0 Å². The smallest absolute Gasteiger partial charge is 0.360 e. The lowest BCUT2D eigenvalue weighted by Crippen LogP contribution is -2.12. The first-order chi connectivity index (χ1) is 11.1. The van der Waals surface area contributed by atoms with Gasteiger partial charge in [-0.3, -0.25) is 0 Å². The van der Waals surface area contributed by atoms with E-state index in [-0.39, 0.29) is 11.4 Å². The number of methoxy groups -OCH3 is 2. The zero-order valence-electron chi connectivity index (χ0n) is 12.2. The van der Waals surface area contributed by atoms with Gasteiger partial charge >= 0.3 is 11.9 Å². The second-order valence-corrected chi connectivity index (χ2v) is 4.63. The van der Waals surface area contributed by atoms with E-state index in [4.69, 9.17) is 10.00 Å². The molecule has 0 spiro atoms. The van der Waals surface area contributed by atoms with Crippen LogP contribution in [0.2, 0.25) is 0 Å². The maximum absolute atomic E-state index is 12.0. The van der Waals surface area contributed by atoms with E-state index in [9.17, 15) is 9.59 Å². The number of aromatic nitrogens is 3. The summed E-state index contributed by atoms with van der Waals surface area (Å²) in [6.07, 6.45) is 0. The molecule has 0 radical (unpaired) electrons. The van der Waals surface area contributed by atoms with Crippen molar-refractivity contribution >= 4 is 33.7 Å². The summed E-state index contributed by atoms with van der Waals surface area (Å²) in [4.78, 5) is 26.8. The topological polar surface area (TPSA) is 118 Å². The number of rotatable bonds is 2. The minimum atomic E-state index is -0.692. The Kier molecular flexibility index (Phi) is 3.38. The molecule has 0 bridgehead atoms. The molecule has 0 saturated carbocycles. The van der Waals surface area contributed by atoms with Gasteiger partial charge in [-0.15, -0.1) is 10.2 Å². The van der Waals surface area contributed by atoms with E-state index < -0.39 is 11.9 Å². The minimum Gasteiger partial charge on any atom is -0.464 e. The Labute approximate surface area is 129 Å². The number of aromatic amines is 1. The fraction of sp³-hybridized carbons (Fsp3) is 0.133. The van der Waals surface area contributed by atoms with Crippen LogP contribution >= 0.6 is 0 Å². The Morgan fingerprint density at radius 1 is 1.13 bits per heavy atom. The van der Waals surface area contributed by atoms with Gasteiger partial charge in [-0.25, -0.2) is 9.59 Å². The molecule has 0 aliphatic heterocycles. The number of nitrogens with zero attached hydrogens (tertiary/aromatic N) is 3. The lowest BCUT2D eigenvalue weighted by Gasteiger charge is -2.03. The number of benzene rings is 1. The number of hydrogen-bond acceptors (Lipinski definition) is 7. The van der Waals surface area contributed by atoms with Crippen molar-refractivity contribution in [3.8, 4) is 6.07 Å². The molecule has 3 rings (SSSR count). The third kappa shape index (κ3) is 2.15. The van der Waals surface area contributed by atoms with Gasteiger partial charge in [0.15, 0.2) is 11.4 Å². The number of nitrogens with one attached hydrogen (secondary N) is 1. The van der Waals surface area contributed by atoms with Crippen molar-refractivity contribution in [2.45, 2.75) is 0 Å². The van der Waals surface area contributed by atoms with Gasteiger partial charge in [0.1, 0.15) is 0 Å². The van der Waals surface area contributed by atoms with Crippen molar-refractivity contribution in [3.63, 3.8) is 0 Å². The van der Waals surface area contributed by atoms with Crippen molar-refractivity contribution in [2.75, 3.05) is 14.2 Å². The number of hydrogen-bond donors (Lipinski definition) is 1. The molecule has 0 aliphatic rings. The van der Waals surface area contributed by atoms with Crippen LogP contribution in [0.15, 0.2) is 18.2 Å². The maximum atomic E-state index is 12.0. The molecule has 2 heterocycles. The van der Waals surface area contributed by atoms with E-state index in [2.05, 4.69) is 19.9 Å². The highest BCUT2D eigenvalue weighted by Crippen LogP contribution is 2.30. The Bertz CT molecular complexity index is 1000. The van der Waals surface area contributed by atoms with E-state index >= 15 is 0 Å². The van der Waals surface area contributed by atoms with E-state index in [1.165, 1.54) is 14.2 Å². The summed E-state index contributed by atoms with van der Waals surface area (Å²) in [5.74, 6) is -1.38. The quantitative estimate of drug-likeness (QED) is 0.713.